The van der Waals surface area contributed by atoms with E-state index in [0.29, 0.717) is 5.56 Å². The summed E-state index contributed by atoms with van der Waals surface area (Å²) in [6.45, 7) is 1.53. The van der Waals surface area contributed by atoms with Crippen LogP contribution in [0.2, 0.25) is 0 Å². The maximum atomic E-state index is 14.8. The standard InChI is InChI=1S/C23H20ClF4NO4S/c1-2-34(31,32)17-7-3-14(4-8-17)11-22(30)29-16-6-10-18(20(25)13-16)19-9-5-15(24)12-21(19)33-23(26,27)28/h3-4,6-10,12-13,15H,2,5,11H2,1H3,(H,29,30). The zero-order valence-electron chi connectivity index (χ0n) is 17.8. The molecule has 0 saturated carbocycles. The molecule has 182 valence electrons. The quantitative estimate of drug-likeness (QED) is 0.382. The number of anilines is 1. The van der Waals surface area contributed by atoms with E-state index in [9.17, 15) is 30.8 Å². The van der Waals surface area contributed by atoms with Gasteiger partial charge in [-0.3, -0.25) is 4.79 Å². The number of rotatable bonds is 7. The molecule has 1 aliphatic carbocycles. The van der Waals surface area contributed by atoms with E-state index in [1.54, 1.807) is 0 Å². The van der Waals surface area contributed by atoms with Crippen LogP contribution >= 0.6 is 11.6 Å². The number of benzene rings is 2. The number of allylic oxidation sites excluding steroid dienone is 3. The lowest BCUT2D eigenvalue weighted by molar-refractivity contribution is -0.302. The van der Waals surface area contributed by atoms with Crippen molar-refractivity contribution in [2.75, 3.05) is 11.1 Å². The van der Waals surface area contributed by atoms with Crippen LogP contribution in [0.15, 0.2) is 65.3 Å². The lowest BCUT2D eigenvalue weighted by Gasteiger charge is -2.21. The Bertz CT molecular complexity index is 1240. The van der Waals surface area contributed by atoms with Crippen LogP contribution in [0, 0.1) is 5.82 Å². The highest BCUT2D eigenvalue weighted by molar-refractivity contribution is 7.91. The Morgan fingerprint density at radius 1 is 1.18 bits per heavy atom. The van der Waals surface area contributed by atoms with Crippen molar-refractivity contribution in [3.05, 3.63) is 77.3 Å². The minimum Gasteiger partial charge on any atom is -0.405 e. The van der Waals surface area contributed by atoms with Gasteiger partial charge in [-0.1, -0.05) is 25.1 Å². The number of amides is 1. The van der Waals surface area contributed by atoms with E-state index in [2.05, 4.69) is 10.1 Å². The Kier molecular flexibility index (Phi) is 7.72. The van der Waals surface area contributed by atoms with Gasteiger partial charge in [0.25, 0.3) is 0 Å². The zero-order chi connectivity index (χ0) is 25.1. The number of sulfone groups is 1. The maximum absolute atomic E-state index is 14.8. The smallest absolute Gasteiger partial charge is 0.405 e. The number of carbonyl (C=O) groups excluding carboxylic acids is 1. The maximum Gasteiger partial charge on any atom is 0.573 e. The third-order valence-electron chi connectivity index (χ3n) is 4.94. The molecule has 0 aliphatic heterocycles. The van der Waals surface area contributed by atoms with Crippen molar-refractivity contribution in [3.8, 4) is 0 Å². The van der Waals surface area contributed by atoms with Gasteiger partial charge in [0.2, 0.25) is 5.91 Å². The minimum absolute atomic E-state index is 0.0443. The molecule has 1 aliphatic rings. The Labute approximate surface area is 199 Å². The number of carbonyl (C=O) groups is 1. The molecule has 34 heavy (non-hydrogen) atoms. The van der Waals surface area contributed by atoms with E-state index in [1.165, 1.54) is 49.4 Å². The molecule has 0 spiro atoms. The predicted molar refractivity (Wildman–Crippen MR) is 120 cm³/mol. The third kappa shape index (κ3) is 6.60. The number of hydrogen-bond acceptors (Lipinski definition) is 4. The van der Waals surface area contributed by atoms with Crippen molar-refractivity contribution >= 4 is 38.6 Å². The van der Waals surface area contributed by atoms with Crippen LogP contribution in [-0.2, 0) is 25.8 Å². The zero-order valence-corrected chi connectivity index (χ0v) is 19.4. The normalized spacial score (nSPS) is 16.5. The Hall–Kier alpha value is -2.85. The highest BCUT2D eigenvalue weighted by Crippen LogP contribution is 2.36. The van der Waals surface area contributed by atoms with Crippen molar-refractivity contribution in [1.29, 1.82) is 0 Å². The van der Waals surface area contributed by atoms with Crippen molar-refractivity contribution < 1.29 is 35.5 Å². The fraction of sp³-hybridized carbons (Fsp3) is 0.261. The first-order chi connectivity index (χ1) is 15.9. The molecule has 1 amide bonds. The first-order valence-corrected chi connectivity index (χ1v) is 12.2. The molecule has 0 bridgehead atoms. The van der Waals surface area contributed by atoms with Crippen LogP contribution in [0.3, 0.4) is 0 Å². The number of alkyl halides is 4. The largest absolute Gasteiger partial charge is 0.573 e. The Morgan fingerprint density at radius 2 is 1.85 bits per heavy atom. The SMILES string of the molecule is CCS(=O)(=O)c1ccc(CC(=O)Nc2ccc(C3=CCC(Cl)C=C3OC(F)(F)F)c(F)c2)cc1. The molecule has 1 N–H and O–H groups in total. The fourth-order valence-electron chi connectivity index (χ4n) is 3.29. The Balaban J connectivity index is 1.71. The van der Waals surface area contributed by atoms with E-state index >= 15 is 0 Å². The first kappa shape index (κ1) is 25.8. The van der Waals surface area contributed by atoms with Gasteiger partial charge in [-0.2, -0.15) is 0 Å². The average molecular weight is 518 g/mol. The average Bonchev–Trinajstić information content (AvgIpc) is 2.74. The van der Waals surface area contributed by atoms with Gasteiger partial charge < -0.3 is 10.1 Å². The molecule has 2 aromatic rings. The van der Waals surface area contributed by atoms with Gasteiger partial charge in [-0.15, -0.1) is 24.8 Å². The van der Waals surface area contributed by atoms with Gasteiger partial charge in [0, 0.05) is 16.8 Å². The van der Waals surface area contributed by atoms with E-state index in [4.69, 9.17) is 11.6 Å². The molecule has 1 unspecified atom stereocenters. The van der Waals surface area contributed by atoms with Crippen molar-refractivity contribution in [2.24, 2.45) is 0 Å². The number of hydrogen-bond donors (Lipinski definition) is 1. The molecule has 11 heteroatoms. The fourth-order valence-corrected chi connectivity index (χ4v) is 4.38. The molecule has 0 radical (unpaired) electrons. The summed E-state index contributed by atoms with van der Waals surface area (Å²) in [7, 11) is -3.36. The highest BCUT2D eigenvalue weighted by Gasteiger charge is 2.35. The van der Waals surface area contributed by atoms with Gasteiger partial charge in [0.05, 0.1) is 22.4 Å². The topological polar surface area (TPSA) is 72.5 Å². The van der Waals surface area contributed by atoms with Gasteiger partial charge in [0.1, 0.15) is 11.6 Å². The van der Waals surface area contributed by atoms with Gasteiger partial charge in [0.15, 0.2) is 9.84 Å². The lowest BCUT2D eigenvalue weighted by Crippen LogP contribution is -2.17. The molecule has 0 fully saturated rings. The summed E-state index contributed by atoms with van der Waals surface area (Å²) < 4.78 is 80.7. The third-order valence-corrected chi connectivity index (χ3v) is 7.00. The Morgan fingerprint density at radius 3 is 2.44 bits per heavy atom. The summed E-state index contributed by atoms with van der Waals surface area (Å²) in [5, 5.41) is 1.79. The molecule has 2 aromatic carbocycles. The lowest BCUT2D eigenvalue weighted by atomic mass is 9.96. The molecule has 0 saturated heterocycles. The van der Waals surface area contributed by atoms with Crippen LogP contribution in [-0.4, -0.2) is 31.8 Å². The summed E-state index contributed by atoms with van der Waals surface area (Å²) in [4.78, 5) is 12.5. The van der Waals surface area contributed by atoms with Gasteiger partial charge >= 0.3 is 6.36 Å². The number of ether oxygens (including phenoxy) is 1. The summed E-state index contributed by atoms with van der Waals surface area (Å²) >= 11 is 5.88. The van der Waals surface area contributed by atoms with E-state index in [-0.39, 0.29) is 40.3 Å². The van der Waals surface area contributed by atoms with Crippen LogP contribution in [0.1, 0.15) is 24.5 Å². The predicted octanol–water partition coefficient (Wildman–Crippen LogP) is 5.62. The summed E-state index contributed by atoms with van der Waals surface area (Å²) in [5.41, 5.74) is 0.425. The molecular formula is C23H20ClF4NO4S. The highest BCUT2D eigenvalue weighted by atomic mass is 35.5. The number of nitrogens with one attached hydrogen (secondary N) is 1. The summed E-state index contributed by atoms with van der Waals surface area (Å²) in [6, 6.07) is 9.43. The minimum atomic E-state index is -4.97. The first-order valence-electron chi connectivity index (χ1n) is 10.1. The van der Waals surface area contributed by atoms with Crippen LogP contribution in [0.25, 0.3) is 5.57 Å². The summed E-state index contributed by atoms with van der Waals surface area (Å²) in [5.74, 6) is -1.98. The van der Waals surface area contributed by atoms with E-state index < -0.39 is 39.1 Å². The monoisotopic (exact) mass is 517 g/mol. The molecule has 1 atom stereocenters. The number of halogens is 5. The summed E-state index contributed by atoms with van der Waals surface area (Å²) in [6.07, 6.45) is -2.45. The van der Waals surface area contributed by atoms with Crippen LogP contribution in [0.5, 0.6) is 0 Å². The van der Waals surface area contributed by atoms with Gasteiger partial charge in [-0.05, 0) is 48.4 Å². The van der Waals surface area contributed by atoms with Crippen molar-refractivity contribution in [3.63, 3.8) is 0 Å². The van der Waals surface area contributed by atoms with Crippen molar-refractivity contribution in [2.45, 2.75) is 36.4 Å². The molecule has 0 aromatic heterocycles. The van der Waals surface area contributed by atoms with E-state index in [0.717, 1.165) is 12.1 Å². The molecule has 5 nitrogen and oxygen atoms in total. The molecule has 0 heterocycles. The van der Waals surface area contributed by atoms with E-state index in [1.807, 2.05) is 0 Å². The second-order valence-corrected chi connectivity index (χ2v) is 10.3. The van der Waals surface area contributed by atoms with Crippen LogP contribution < -0.4 is 5.32 Å². The van der Waals surface area contributed by atoms with Gasteiger partial charge in [-0.25, -0.2) is 12.8 Å². The molecule has 3 rings (SSSR count). The van der Waals surface area contributed by atoms with Crippen molar-refractivity contribution in [1.82, 2.24) is 0 Å². The van der Waals surface area contributed by atoms with Crippen LogP contribution in [0.4, 0.5) is 23.2 Å². The second kappa shape index (κ2) is 10.2. The molecular weight excluding hydrogens is 498 g/mol. The second-order valence-electron chi connectivity index (χ2n) is 7.42.